The first-order chi connectivity index (χ1) is 15.9. The molecule has 3 heterocycles. The Hall–Kier alpha value is -2.82. The van der Waals surface area contributed by atoms with Gasteiger partial charge in [-0.25, -0.2) is 0 Å². The Morgan fingerprint density at radius 1 is 1.15 bits per heavy atom. The van der Waals surface area contributed by atoms with Gasteiger partial charge in [0.25, 0.3) is 11.8 Å². The van der Waals surface area contributed by atoms with E-state index < -0.39 is 0 Å². The molecule has 0 unspecified atom stereocenters. The molecule has 174 valence electrons. The van der Waals surface area contributed by atoms with Gasteiger partial charge in [-0.3, -0.25) is 14.3 Å². The number of carbonyl (C=O) groups excluding carboxylic acids is 2. The number of carbonyl (C=O) groups is 2. The molecular formula is C23H25N3O5S2. The number of nitrogens with zero attached hydrogens (tertiary/aromatic N) is 3. The van der Waals surface area contributed by atoms with Gasteiger partial charge in [0.05, 0.1) is 25.2 Å². The van der Waals surface area contributed by atoms with Crippen LogP contribution >= 0.6 is 24.0 Å². The van der Waals surface area contributed by atoms with Gasteiger partial charge in [0, 0.05) is 24.5 Å². The highest BCUT2D eigenvalue weighted by Gasteiger charge is 2.34. The van der Waals surface area contributed by atoms with E-state index in [2.05, 4.69) is 0 Å². The summed E-state index contributed by atoms with van der Waals surface area (Å²) < 4.78 is 18.7. The lowest BCUT2D eigenvalue weighted by atomic mass is 10.2. The Labute approximate surface area is 202 Å². The summed E-state index contributed by atoms with van der Waals surface area (Å²) in [6.07, 6.45) is 1.78. The molecule has 0 aliphatic carbocycles. The van der Waals surface area contributed by atoms with E-state index in [1.54, 1.807) is 23.1 Å². The second-order valence-electron chi connectivity index (χ2n) is 7.61. The summed E-state index contributed by atoms with van der Waals surface area (Å²) in [6.45, 7) is 6.01. The number of aryl methyl sites for hydroxylation is 2. The topological polar surface area (TPSA) is 73.2 Å². The maximum atomic E-state index is 13.1. The molecule has 0 spiro atoms. The van der Waals surface area contributed by atoms with Crippen LogP contribution in [0.1, 0.15) is 17.0 Å². The van der Waals surface area contributed by atoms with Crippen molar-refractivity contribution in [3.63, 3.8) is 0 Å². The molecule has 0 N–H and O–H groups in total. The minimum absolute atomic E-state index is 0.0794. The fourth-order valence-electron chi connectivity index (χ4n) is 3.70. The third-order valence-corrected chi connectivity index (χ3v) is 6.69. The van der Waals surface area contributed by atoms with Crippen molar-refractivity contribution >= 4 is 46.2 Å². The van der Waals surface area contributed by atoms with Gasteiger partial charge in [-0.15, -0.1) is 0 Å². The molecule has 1 aromatic heterocycles. The maximum Gasteiger partial charge on any atom is 0.285 e. The van der Waals surface area contributed by atoms with Gasteiger partial charge in [-0.1, -0.05) is 17.8 Å². The van der Waals surface area contributed by atoms with E-state index in [0.717, 1.165) is 17.0 Å². The molecule has 2 aliphatic heterocycles. The summed E-state index contributed by atoms with van der Waals surface area (Å²) in [6, 6.07) is 9.22. The van der Waals surface area contributed by atoms with E-state index in [4.69, 9.17) is 26.4 Å². The van der Waals surface area contributed by atoms with Crippen LogP contribution in [0.15, 0.2) is 35.2 Å². The van der Waals surface area contributed by atoms with Crippen LogP contribution in [0.4, 0.5) is 0 Å². The predicted molar refractivity (Wildman–Crippen MR) is 131 cm³/mol. The number of hydrogen-bond donors (Lipinski definition) is 0. The number of thioether (sulfide) groups is 1. The van der Waals surface area contributed by atoms with E-state index in [1.165, 1.54) is 23.9 Å². The van der Waals surface area contributed by atoms with E-state index in [-0.39, 0.29) is 18.4 Å². The summed E-state index contributed by atoms with van der Waals surface area (Å²) in [5.74, 6) is 0.667. The van der Waals surface area contributed by atoms with Crippen molar-refractivity contribution in [2.24, 2.45) is 0 Å². The summed E-state index contributed by atoms with van der Waals surface area (Å²) in [5, 5.41) is 1.52. The molecule has 0 atom stereocenters. The highest BCUT2D eigenvalue weighted by atomic mass is 32.2. The number of thiocarbonyl (C=S) groups is 1. The van der Waals surface area contributed by atoms with Gasteiger partial charge in [0.15, 0.2) is 22.4 Å². The zero-order chi connectivity index (χ0) is 23.5. The van der Waals surface area contributed by atoms with Crippen molar-refractivity contribution in [1.29, 1.82) is 0 Å². The van der Waals surface area contributed by atoms with E-state index in [9.17, 15) is 9.59 Å². The van der Waals surface area contributed by atoms with Gasteiger partial charge in [-0.2, -0.15) is 5.01 Å². The number of rotatable bonds is 6. The summed E-state index contributed by atoms with van der Waals surface area (Å²) in [5.41, 5.74) is 2.62. The molecule has 2 amide bonds. The highest BCUT2D eigenvalue weighted by molar-refractivity contribution is 8.27. The number of methoxy groups -OCH3 is 1. The quantitative estimate of drug-likeness (QED) is 0.458. The lowest BCUT2D eigenvalue weighted by Crippen LogP contribution is -2.43. The predicted octanol–water partition coefficient (Wildman–Crippen LogP) is 2.89. The number of morpholine rings is 1. The van der Waals surface area contributed by atoms with Crippen LogP contribution in [-0.2, 0) is 14.3 Å². The lowest BCUT2D eigenvalue weighted by molar-refractivity contribution is -0.137. The highest BCUT2D eigenvalue weighted by Crippen LogP contribution is 2.35. The Kier molecular flexibility index (Phi) is 7.06. The zero-order valence-corrected chi connectivity index (χ0v) is 20.3. The molecule has 0 radical (unpaired) electrons. The monoisotopic (exact) mass is 487 g/mol. The molecule has 1 aromatic carbocycles. The summed E-state index contributed by atoms with van der Waals surface area (Å²) >= 11 is 6.73. The van der Waals surface area contributed by atoms with E-state index >= 15 is 0 Å². The number of hydrogen-bond acceptors (Lipinski definition) is 7. The average Bonchev–Trinajstić information content (AvgIpc) is 3.29. The largest absolute Gasteiger partial charge is 0.493 e. The van der Waals surface area contributed by atoms with Gasteiger partial charge < -0.3 is 19.1 Å². The summed E-state index contributed by atoms with van der Waals surface area (Å²) in [4.78, 5) is 27.7. The zero-order valence-electron chi connectivity index (χ0n) is 18.7. The molecule has 0 bridgehead atoms. The Bertz CT molecular complexity index is 1100. The Morgan fingerprint density at radius 2 is 1.85 bits per heavy atom. The molecule has 4 rings (SSSR count). The normalized spacial score (nSPS) is 17.7. The van der Waals surface area contributed by atoms with Crippen LogP contribution in [0, 0.1) is 13.8 Å². The van der Waals surface area contributed by atoms with Gasteiger partial charge in [-0.05, 0) is 62.0 Å². The van der Waals surface area contributed by atoms with Crippen molar-refractivity contribution in [2.45, 2.75) is 13.8 Å². The van der Waals surface area contributed by atoms with Gasteiger partial charge >= 0.3 is 0 Å². The number of benzene rings is 1. The smallest absolute Gasteiger partial charge is 0.285 e. The molecule has 2 aromatic rings. The van der Waals surface area contributed by atoms with Crippen LogP contribution in [0.3, 0.4) is 0 Å². The maximum absolute atomic E-state index is 13.1. The number of aromatic nitrogens is 1. The van der Waals surface area contributed by atoms with Crippen molar-refractivity contribution in [3.8, 4) is 11.5 Å². The molecular weight excluding hydrogens is 462 g/mol. The standard InChI is InChI=1S/C23H25N3O5S2/c1-15-4-5-16(2)25(15)26-22(28)20(33-23(26)32)13-17-6-7-18(19(12-17)29-3)31-14-21(27)24-8-10-30-11-9-24/h4-7,12-13H,8-11,14H2,1-3H3/b20-13+. The molecule has 2 aliphatic rings. The van der Waals surface area contributed by atoms with Crippen LogP contribution in [0.5, 0.6) is 11.5 Å². The lowest BCUT2D eigenvalue weighted by Gasteiger charge is -2.26. The van der Waals surface area contributed by atoms with Crippen molar-refractivity contribution in [2.75, 3.05) is 45.0 Å². The fraction of sp³-hybridized carbons (Fsp3) is 0.348. The molecule has 8 nitrogen and oxygen atoms in total. The second-order valence-corrected chi connectivity index (χ2v) is 9.29. The van der Waals surface area contributed by atoms with Crippen LogP contribution in [0.2, 0.25) is 0 Å². The van der Waals surface area contributed by atoms with Crippen LogP contribution < -0.4 is 14.5 Å². The molecule has 33 heavy (non-hydrogen) atoms. The first kappa shape index (κ1) is 23.3. The Morgan fingerprint density at radius 3 is 2.52 bits per heavy atom. The van der Waals surface area contributed by atoms with Gasteiger partial charge in [0.1, 0.15) is 0 Å². The minimum atomic E-state index is -0.178. The van der Waals surface area contributed by atoms with E-state index in [1.807, 2.05) is 36.7 Å². The van der Waals surface area contributed by atoms with Crippen molar-refractivity contribution in [1.82, 2.24) is 9.58 Å². The number of ether oxygens (including phenoxy) is 3. The summed E-state index contributed by atoms with van der Waals surface area (Å²) in [7, 11) is 1.53. The third-order valence-electron chi connectivity index (χ3n) is 5.41. The minimum Gasteiger partial charge on any atom is -0.493 e. The Balaban J connectivity index is 1.49. The van der Waals surface area contributed by atoms with E-state index in [0.29, 0.717) is 47.0 Å². The second kappa shape index (κ2) is 9.98. The SMILES string of the molecule is COc1cc(/C=C2/SC(=S)N(n3c(C)ccc3C)C2=O)ccc1OCC(=O)N1CCOCC1. The molecule has 2 saturated heterocycles. The molecule has 0 saturated carbocycles. The number of amides is 2. The van der Waals surface area contributed by atoms with Crippen molar-refractivity contribution < 1.29 is 23.8 Å². The first-order valence-corrected chi connectivity index (χ1v) is 11.7. The van der Waals surface area contributed by atoms with Crippen molar-refractivity contribution in [3.05, 3.63) is 52.2 Å². The molecule has 2 fully saturated rings. The van der Waals surface area contributed by atoms with Crippen LogP contribution in [0.25, 0.3) is 6.08 Å². The average molecular weight is 488 g/mol. The fourth-order valence-corrected chi connectivity index (χ4v) is 4.94. The molecule has 10 heteroatoms. The van der Waals surface area contributed by atoms with Crippen LogP contribution in [-0.4, -0.2) is 65.7 Å². The van der Waals surface area contributed by atoms with Gasteiger partial charge in [0.2, 0.25) is 0 Å². The first-order valence-electron chi connectivity index (χ1n) is 10.5. The third kappa shape index (κ3) is 4.92.